The largest absolute Gasteiger partial charge is 0.493 e. The zero-order chi connectivity index (χ0) is 28.9. The van der Waals surface area contributed by atoms with Crippen LogP contribution in [0.3, 0.4) is 0 Å². The second-order valence-corrected chi connectivity index (χ2v) is 13.5. The molecule has 0 fully saturated rings. The number of sulfonamides is 1. The van der Waals surface area contributed by atoms with Gasteiger partial charge in [0.2, 0.25) is 10.0 Å². The number of methoxy groups -OCH3 is 2. The van der Waals surface area contributed by atoms with Gasteiger partial charge >= 0.3 is 0 Å². The number of anilines is 1. The fourth-order valence-corrected chi connectivity index (χ4v) is 6.87. The van der Waals surface area contributed by atoms with E-state index < -0.39 is 10.0 Å². The summed E-state index contributed by atoms with van der Waals surface area (Å²) in [5.41, 5.74) is 1.09. The molecule has 0 aliphatic carbocycles. The minimum absolute atomic E-state index is 0.180. The summed E-state index contributed by atoms with van der Waals surface area (Å²) < 4.78 is 40.1. The molecule has 0 radical (unpaired) electrons. The molecule has 39 heavy (non-hydrogen) atoms. The molecule has 1 aromatic heterocycles. The van der Waals surface area contributed by atoms with Crippen molar-refractivity contribution in [2.24, 2.45) is 11.8 Å². The Morgan fingerprint density at radius 1 is 0.923 bits per heavy atom. The first kappa shape index (κ1) is 30.8. The second-order valence-electron chi connectivity index (χ2n) is 10.6. The third-order valence-electron chi connectivity index (χ3n) is 6.01. The van der Waals surface area contributed by atoms with Gasteiger partial charge in [-0.05, 0) is 50.2 Å². The van der Waals surface area contributed by atoms with Crippen LogP contribution in [0.4, 0.5) is 5.13 Å². The highest BCUT2D eigenvalue weighted by Gasteiger charge is 2.27. The lowest BCUT2D eigenvalue weighted by molar-refractivity contribution is 0.0985. The highest BCUT2D eigenvalue weighted by molar-refractivity contribution is 7.89. The molecule has 0 atom stereocenters. The number of amides is 1. The number of hydrogen-bond acceptors (Lipinski definition) is 8. The van der Waals surface area contributed by atoms with E-state index in [0.29, 0.717) is 53.9 Å². The lowest BCUT2D eigenvalue weighted by Gasteiger charge is -2.26. The fraction of sp³-hybridized carbons (Fsp3) is 0.500. The maximum absolute atomic E-state index is 13.7. The number of fused-ring (bicyclic) bond motifs is 1. The molecule has 214 valence electrons. The van der Waals surface area contributed by atoms with E-state index in [1.54, 1.807) is 37.3 Å². The molecule has 2 aromatic carbocycles. The highest BCUT2D eigenvalue weighted by atomic mass is 32.2. The number of aromatic nitrogens is 1. The quantitative estimate of drug-likeness (QED) is 0.288. The number of benzene rings is 2. The van der Waals surface area contributed by atoms with Gasteiger partial charge in [-0.3, -0.25) is 9.69 Å². The summed E-state index contributed by atoms with van der Waals surface area (Å²) in [4.78, 5) is 22.3. The molecule has 1 amide bonds. The molecule has 11 heteroatoms. The first-order valence-electron chi connectivity index (χ1n) is 13.0. The molecule has 0 aliphatic heterocycles. The Hall–Kier alpha value is -2.73. The standard InChI is InChI=1S/C28H40N4O5S2/c1-19(2)17-31(18-20(3)4)39(34,35)22-11-9-21(10-12-22)27(33)32(14-13-30(5)6)28-29-23-15-24(36-7)25(37-8)16-26(23)38-28/h9-12,15-16,19-20H,13-14,17-18H2,1-8H3. The van der Waals surface area contributed by atoms with E-state index in [4.69, 9.17) is 14.5 Å². The monoisotopic (exact) mass is 576 g/mol. The van der Waals surface area contributed by atoms with Crippen LogP contribution in [0.1, 0.15) is 38.1 Å². The van der Waals surface area contributed by atoms with Gasteiger partial charge in [0.05, 0.1) is 29.3 Å². The van der Waals surface area contributed by atoms with Crippen LogP contribution >= 0.6 is 11.3 Å². The molecular weight excluding hydrogens is 536 g/mol. The molecule has 3 aromatic rings. The Bertz CT molecular complexity index is 1320. The zero-order valence-corrected chi connectivity index (χ0v) is 25.7. The SMILES string of the molecule is COc1cc2nc(N(CCN(C)C)C(=O)c3ccc(S(=O)(=O)N(CC(C)C)CC(C)C)cc3)sc2cc1OC. The number of hydrogen-bond donors (Lipinski definition) is 0. The van der Waals surface area contributed by atoms with Gasteiger partial charge in [-0.15, -0.1) is 0 Å². The topological polar surface area (TPSA) is 92.3 Å². The van der Waals surface area contributed by atoms with Crippen molar-refractivity contribution < 1.29 is 22.7 Å². The Balaban J connectivity index is 1.95. The number of likely N-dealkylation sites (N-methyl/N-ethyl adjacent to an activating group) is 1. The van der Waals surface area contributed by atoms with Gasteiger partial charge in [0, 0.05) is 43.9 Å². The van der Waals surface area contributed by atoms with Gasteiger partial charge in [0.15, 0.2) is 16.6 Å². The number of nitrogens with zero attached hydrogens (tertiary/aromatic N) is 4. The van der Waals surface area contributed by atoms with E-state index in [9.17, 15) is 13.2 Å². The van der Waals surface area contributed by atoms with Crippen LogP contribution in [0.2, 0.25) is 0 Å². The van der Waals surface area contributed by atoms with E-state index in [1.165, 1.54) is 27.8 Å². The predicted octanol–water partition coefficient (Wildman–Crippen LogP) is 4.82. The van der Waals surface area contributed by atoms with E-state index >= 15 is 0 Å². The lowest BCUT2D eigenvalue weighted by Crippen LogP contribution is -2.37. The van der Waals surface area contributed by atoms with Crippen molar-refractivity contribution in [2.75, 3.05) is 59.4 Å². The van der Waals surface area contributed by atoms with Gasteiger partial charge in [0.25, 0.3) is 5.91 Å². The molecule has 0 spiro atoms. The summed E-state index contributed by atoms with van der Waals surface area (Å²) in [5.74, 6) is 1.29. The summed E-state index contributed by atoms with van der Waals surface area (Å²) >= 11 is 1.39. The Kier molecular flexibility index (Phi) is 10.3. The highest BCUT2D eigenvalue weighted by Crippen LogP contribution is 2.37. The first-order chi connectivity index (χ1) is 18.4. The van der Waals surface area contributed by atoms with Gasteiger partial charge in [0.1, 0.15) is 0 Å². The number of thiazole rings is 1. The molecule has 0 unspecified atom stereocenters. The smallest absolute Gasteiger partial charge is 0.260 e. The average molecular weight is 577 g/mol. The van der Waals surface area contributed by atoms with Crippen molar-refractivity contribution in [3.63, 3.8) is 0 Å². The van der Waals surface area contributed by atoms with E-state index in [1.807, 2.05) is 52.8 Å². The molecule has 0 bridgehead atoms. The Morgan fingerprint density at radius 3 is 2.00 bits per heavy atom. The van der Waals surface area contributed by atoms with Gasteiger partial charge in [-0.25, -0.2) is 13.4 Å². The minimum Gasteiger partial charge on any atom is -0.493 e. The Morgan fingerprint density at radius 2 is 1.49 bits per heavy atom. The van der Waals surface area contributed by atoms with Crippen molar-refractivity contribution in [1.29, 1.82) is 0 Å². The number of carbonyl (C=O) groups excluding carboxylic acids is 1. The van der Waals surface area contributed by atoms with Crippen molar-refractivity contribution >= 4 is 42.6 Å². The van der Waals surface area contributed by atoms with Gasteiger partial charge in [-0.2, -0.15) is 4.31 Å². The Labute approximate surface area is 236 Å². The summed E-state index contributed by atoms with van der Waals surface area (Å²) in [6.07, 6.45) is 0. The lowest BCUT2D eigenvalue weighted by atomic mass is 10.2. The summed E-state index contributed by atoms with van der Waals surface area (Å²) in [5, 5.41) is 0.545. The zero-order valence-electron chi connectivity index (χ0n) is 24.1. The summed E-state index contributed by atoms with van der Waals surface area (Å²) in [6, 6.07) is 9.86. The summed E-state index contributed by atoms with van der Waals surface area (Å²) in [6.45, 7) is 9.92. The van der Waals surface area contributed by atoms with E-state index in [-0.39, 0.29) is 22.6 Å². The minimum atomic E-state index is -3.69. The van der Waals surface area contributed by atoms with Crippen LogP contribution < -0.4 is 14.4 Å². The second kappa shape index (κ2) is 13.1. The van der Waals surface area contributed by atoms with E-state index in [2.05, 4.69) is 0 Å². The number of carbonyl (C=O) groups is 1. The third kappa shape index (κ3) is 7.47. The molecular formula is C28H40N4O5S2. The fourth-order valence-electron chi connectivity index (χ4n) is 4.10. The van der Waals surface area contributed by atoms with Crippen LogP contribution in [0.15, 0.2) is 41.3 Å². The van der Waals surface area contributed by atoms with Gasteiger partial charge < -0.3 is 14.4 Å². The van der Waals surface area contributed by atoms with Crippen LogP contribution in [-0.4, -0.2) is 83.0 Å². The maximum Gasteiger partial charge on any atom is 0.260 e. The first-order valence-corrected chi connectivity index (χ1v) is 15.2. The third-order valence-corrected chi connectivity index (χ3v) is 8.89. The van der Waals surface area contributed by atoms with Crippen molar-refractivity contribution in [3.8, 4) is 11.5 Å². The normalized spacial score (nSPS) is 12.2. The molecule has 1 heterocycles. The molecule has 3 rings (SSSR count). The molecule has 9 nitrogen and oxygen atoms in total. The average Bonchev–Trinajstić information content (AvgIpc) is 3.29. The van der Waals surface area contributed by atoms with Crippen molar-refractivity contribution in [2.45, 2.75) is 32.6 Å². The molecule has 0 aliphatic rings. The van der Waals surface area contributed by atoms with E-state index in [0.717, 1.165) is 4.70 Å². The van der Waals surface area contributed by atoms with Crippen molar-refractivity contribution in [3.05, 3.63) is 42.0 Å². The molecule has 0 saturated heterocycles. The van der Waals surface area contributed by atoms with Gasteiger partial charge in [-0.1, -0.05) is 39.0 Å². The molecule has 0 saturated carbocycles. The van der Waals surface area contributed by atoms with Crippen molar-refractivity contribution in [1.82, 2.24) is 14.2 Å². The van der Waals surface area contributed by atoms with Crippen LogP contribution in [0.5, 0.6) is 11.5 Å². The predicted molar refractivity (Wildman–Crippen MR) is 158 cm³/mol. The maximum atomic E-state index is 13.7. The summed E-state index contributed by atoms with van der Waals surface area (Å²) in [7, 11) is 3.34. The van der Waals surface area contributed by atoms with Crippen LogP contribution in [0, 0.1) is 11.8 Å². The number of ether oxygens (including phenoxy) is 2. The van der Waals surface area contributed by atoms with Crippen LogP contribution in [-0.2, 0) is 10.0 Å². The molecule has 0 N–H and O–H groups in total. The van der Waals surface area contributed by atoms with Crippen LogP contribution in [0.25, 0.3) is 10.2 Å². The number of rotatable bonds is 13.